The van der Waals surface area contributed by atoms with Crippen LogP contribution in [0.25, 0.3) is 11.3 Å². The fourth-order valence-corrected chi connectivity index (χ4v) is 2.16. The summed E-state index contributed by atoms with van der Waals surface area (Å²) in [5, 5.41) is 3.45. The van der Waals surface area contributed by atoms with Crippen LogP contribution in [-0.2, 0) is 6.54 Å². The van der Waals surface area contributed by atoms with E-state index in [0.29, 0.717) is 6.04 Å². The molecule has 0 amide bonds. The van der Waals surface area contributed by atoms with Crippen LogP contribution < -0.4 is 10.1 Å². The minimum absolute atomic E-state index is 0.666. The van der Waals surface area contributed by atoms with E-state index in [1.165, 1.54) is 12.8 Å². The number of nitrogens with zero attached hydrogens (tertiary/aromatic N) is 2. The van der Waals surface area contributed by atoms with Crippen molar-refractivity contribution in [2.45, 2.75) is 32.4 Å². The zero-order chi connectivity index (χ0) is 13.9. The molecule has 0 radical (unpaired) electrons. The van der Waals surface area contributed by atoms with Crippen molar-refractivity contribution < 1.29 is 4.74 Å². The van der Waals surface area contributed by atoms with E-state index in [9.17, 15) is 0 Å². The lowest BCUT2D eigenvalue weighted by Gasteiger charge is -2.08. The second kappa shape index (κ2) is 5.59. The van der Waals surface area contributed by atoms with Gasteiger partial charge in [0.05, 0.1) is 19.3 Å². The molecule has 1 fully saturated rings. The van der Waals surface area contributed by atoms with E-state index in [4.69, 9.17) is 4.74 Å². The van der Waals surface area contributed by atoms with E-state index < -0.39 is 0 Å². The summed E-state index contributed by atoms with van der Waals surface area (Å²) >= 11 is 0. The van der Waals surface area contributed by atoms with Gasteiger partial charge in [-0.1, -0.05) is 12.1 Å². The maximum atomic E-state index is 5.27. The number of methoxy groups -OCH3 is 1. The van der Waals surface area contributed by atoms with Gasteiger partial charge in [-0.3, -0.25) is 0 Å². The number of aryl methyl sites for hydroxylation is 1. The third-order valence-electron chi connectivity index (χ3n) is 3.39. The van der Waals surface area contributed by atoms with E-state index in [0.717, 1.165) is 35.1 Å². The SMILES string of the molecule is COc1cccc(-c2cc(C)nc(CNC3CC3)n2)c1. The molecular weight excluding hydrogens is 250 g/mol. The minimum Gasteiger partial charge on any atom is -0.497 e. The molecule has 20 heavy (non-hydrogen) atoms. The van der Waals surface area contributed by atoms with Crippen LogP contribution in [0.2, 0.25) is 0 Å². The summed E-state index contributed by atoms with van der Waals surface area (Å²) < 4.78 is 5.27. The van der Waals surface area contributed by atoms with Crippen molar-refractivity contribution in [1.82, 2.24) is 15.3 Å². The molecule has 0 bridgehead atoms. The topological polar surface area (TPSA) is 47.0 Å². The maximum absolute atomic E-state index is 5.27. The van der Waals surface area contributed by atoms with Crippen LogP contribution in [0.4, 0.5) is 0 Å². The van der Waals surface area contributed by atoms with E-state index in [-0.39, 0.29) is 0 Å². The van der Waals surface area contributed by atoms with Crippen molar-refractivity contribution in [2.24, 2.45) is 0 Å². The molecule has 1 heterocycles. The van der Waals surface area contributed by atoms with Crippen LogP contribution in [-0.4, -0.2) is 23.1 Å². The van der Waals surface area contributed by atoms with E-state index in [2.05, 4.69) is 15.3 Å². The average Bonchev–Trinajstić information content (AvgIpc) is 3.29. The van der Waals surface area contributed by atoms with Crippen molar-refractivity contribution in [3.05, 3.63) is 41.9 Å². The van der Waals surface area contributed by atoms with Crippen LogP contribution in [0.1, 0.15) is 24.4 Å². The zero-order valence-corrected chi connectivity index (χ0v) is 11.9. The van der Waals surface area contributed by atoms with Crippen LogP contribution in [0.15, 0.2) is 30.3 Å². The van der Waals surface area contributed by atoms with Crippen LogP contribution in [0.5, 0.6) is 5.75 Å². The highest BCUT2D eigenvalue weighted by Gasteiger charge is 2.20. The highest BCUT2D eigenvalue weighted by molar-refractivity contribution is 5.61. The molecular formula is C16H19N3O. The van der Waals surface area contributed by atoms with Crippen LogP contribution in [0, 0.1) is 6.92 Å². The first kappa shape index (κ1) is 13.1. The quantitative estimate of drug-likeness (QED) is 0.906. The molecule has 1 saturated carbocycles. The maximum Gasteiger partial charge on any atom is 0.143 e. The van der Waals surface area contributed by atoms with Crippen molar-refractivity contribution in [2.75, 3.05) is 7.11 Å². The highest BCUT2D eigenvalue weighted by Crippen LogP contribution is 2.23. The molecule has 1 aromatic carbocycles. The normalized spacial score (nSPS) is 14.3. The smallest absolute Gasteiger partial charge is 0.143 e. The van der Waals surface area contributed by atoms with Gasteiger partial charge in [-0.2, -0.15) is 0 Å². The molecule has 2 aromatic rings. The molecule has 1 aliphatic rings. The molecule has 0 saturated heterocycles. The Morgan fingerprint density at radius 3 is 2.85 bits per heavy atom. The van der Waals surface area contributed by atoms with Gasteiger partial charge in [0.15, 0.2) is 0 Å². The number of rotatable bonds is 5. The first-order chi connectivity index (χ1) is 9.74. The third-order valence-corrected chi connectivity index (χ3v) is 3.39. The Morgan fingerprint density at radius 2 is 2.10 bits per heavy atom. The van der Waals surface area contributed by atoms with Crippen molar-refractivity contribution in [1.29, 1.82) is 0 Å². The second-order valence-electron chi connectivity index (χ2n) is 5.20. The predicted octanol–water partition coefficient (Wildman–Crippen LogP) is 2.71. The molecule has 4 nitrogen and oxygen atoms in total. The van der Waals surface area contributed by atoms with Crippen molar-refractivity contribution in [3.63, 3.8) is 0 Å². The summed E-state index contributed by atoms with van der Waals surface area (Å²) in [6.45, 7) is 2.75. The van der Waals surface area contributed by atoms with E-state index in [1.807, 2.05) is 37.3 Å². The van der Waals surface area contributed by atoms with Crippen LogP contribution >= 0.6 is 0 Å². The summed E-state index contributed by atoms with van der Waals surface area (Å²) in [5.41, 5.74) is 3.00. The molecule has 0 unspecified atom stereocenters. The summed E-state index contributed by atoms with van der Waals surface area (Å²) in [6.07, 6.45) is 2.54. The Kier molecular flexibility index (Phi) is 3.65. The first-order valence-corrected chi connectivity index (χ1v) is 6.97. The fourth-order valence-electron chi connectivity index (χ4n) is 2.16. The Labute approximate surface area is 119 Å². The monoisotopic (exact) mass is 269 g/mol. The molecule has 1 aromatic heterocycles. The molecule has 104 valence electrons. The van der Waals surface area contributed by atoms with Crippen molar-refractivity contribution >= 4 is 0 Å². The van der Waals surface area contributed by atoms with Gasteiger partial charge in [-0.15, -0.1) is 0 Å². The van der Waals surface area contributed by atoms with Gasteiger partial charge >= 0.3 is 0 Å². The average molecular weight is 269 g/mol. The highest BCUT2D eigenvalue weighted by atomic mass is 16.5. The lowest BCUT2D eigenvalue weighted by Crippen LogP contribution is -2.17. The van der Waals surface area contributed by atoms with Gasteiger partial charge < -0.3 is 10.1 Å². The van der Waals surface area contributed by atoms with Crippen molar-refractivity contribution in [3.8, 4) is 17.0 Å². The van der Waals surface area contributed by atoms with Crippen LogP contribution in [0.3, 0.4) is 0 Å². The summed E-state index contributed by atoms with van der Waals surface area (Å²) in [6, 6.07) is 10.6. The number of nitrogens with one attached hydrogen (secondary N) is 1. The Morgan fingerprint density at radius 1 is 1.25 bits per heavy atom. The minimum atomic E-state index is 0.666. The molecule has 0 atom stereocenters. The predicted molar refractivity (Wildman–Crippen MR) is 78.6 cm³/mol. The Balaban J connectivity index is 1.86. The van der Waals surface area contributed by atoms with E-state index in [1.54, 1.807) is 7.11 Å². The number of ether oxygens (including phenoxy) is 1. The second-order valence-corrected chi connectivity index (χ2v) is 5.20. The Bertz CT molecular complexity index is 608. The summed E-state index contributed by atoms with van der Waals surface area (Å²) in [7, 11) is 1.68. The number of hydrogen-bond acceptors (Lipinski definition) is 4. The van der Waals surface area contributed by atoms with Gasteiger partial charge in [0.25, 0.3) is 0 Å². The van der Waals surface area contributed by atoms with Gasteiger partial charge in [0.1, 0.15) is 11.6 Å². The van der Waals surface area contributed by atoms with Gasteiger partial charge in [0.2, 0.25) is 0 Å². The molecule has 1 aliphatic carbocycles. The lowest BCUT2D eigenvalue weighted by atomic mass is 10.1. The lowest BCUT2D eigenvalue weighted by molar-refractivity contribution is 0.415. The standard InChI is InChI=1S/C16H19N3O/c1-11-8-15(12-4-3-5-14(9-12)20-2)19-16(18-11)10-17-13-6-7-13/h3-5,8-9,13,17H,6-7,10H2,1-2H3. The zero-order valence-electron chi connectivity index (χ0n) is 11.9. The molecule has 1 N–H and O–H groups in total. The summed E-state index contributed by atoms with van der Waals surface area (Å²) in [5.74, 6) is 1.70. The molecule has 0 aliphatic heterocycles. The number of aromatic nitrogens is 2. The third kappa shape index (κ3) is 3.14. The Hall–Kier alpha value is -1.94. The van der Waals surface area contributed by atoms with Gasteiger partial charge in [-0.05, 0) is 38.0 Å². The van der Waals surface area contributed by atoms with Gasteiger partial charge in [-0.25, -0.2) is 9.97 Å². The summed E-state index contributed by atoms with van der Waals surface area (Å²) in [4.78, 5) is 9.15. The molecule has 3 rings (SSSR count). The molecule has 0 spiro atoms. The largest absolute Gasteiger partial charge is 0.497 e. The number of hydrogen-bond donors (Lipinski definition) is 1. The fraction of sp³-hybridized carbons (Fsp3) is 0.375. The first-order valence-electron chi connectivity index (χ1n) is 6.97. The van der Waals surface area contributed by atoms with E-state index >= 15 is 0 Å². The van der Waals surface area contributed by atoms with Gasteiger partial charge in [0, 0.05) is 17.3 Å². The number of benzene rings is 1. The molecule has 4 heteroatoms.